The minimum Gasteiger partial charge on any atom is -0.338 e. The molecule has 0 atom stereocenters. The smallest absolute Gasteiger partial charge is 0.229 e. The van der Waals surface area contributed by atoms with Gasteiger partial charge in [-0.1, -0.05) is 17.7 Å². The molecule has 1 saturated heterocycles. The molecule has 27 heavy (non-hydrogen) atoms. The molecule has 0 amide bonds. The first-order valence-electron chi connectivity index (χ1n) is 8.98. The molecule has 1 fully saturated rings. The third kappa shape index (κ3) is 3.16. The number of fused-ring (bicyclic) bond motifs is 3. The molecule has 0 radical (unpaired) electrons. The summed E-state index contributed by atoms with van der Waals surface area (Å²) in [6, 6.07) is 9.94. The number of likely N-dealkylation sites (N-methyl/N-ethyl adjacent to an activating group) is 1. The van der Waals surface area contributed by atoms with Crippen molar-refractivity contribution in [3.63, 3.8) is 0 Å². The van der Waals surface area contributed by atoms with Gasteiger partial charge in [0.1, 0.15) is 0 Å². The molecule has 1 aliphatic heterocycles. The predicted octanol–water partition coefficient (Wildman–Crippen LogP) is 3.34. The van der Waals surface area contributed by atoms with E-state index in [1.165, 1.54) is 4.88 Å². The van der Waals surface area contributed by atoms with E-state index in [1.54, 1.807) is 11.3 Å². The summed E-state index contributed by atoms with van der Waals surface area (Å²) in [7, 11) is 2.15. The highest BCUT2D eigenvalue weighted by molar-refractivity contribution is 7.09. The monoisotopic (exact) mass is 398 g/mol. The fourth-order valence-corrected chi connectivity index (χ4v) is 4.34. The lowest BCUT2D eigenvalue weighted by Gasteiger charge is -2.33. The molecule has 138 valence electrons. The van der Waals surface area contributed by atoms with Gasteiger partial charge in [0.25, 0.3) is 0 Å². The highest BCUT2D eigenvalue weighted by atomic mass is 35.5. The topological polar surface area (TPSA) is 49.6 Å². The fraction of sp³-hybridized carbons (Fsp3) is 0.316. The summed E-state index contributed by atoms with van der Waals surface area (Å²) in [5, 5.41) is 8.51. The second-order valence-corrected chi connectivity index (χ2v) is 8.35. The Kier molecular flexibility index (Phi) is 4.22. The Labute approximate surface area is 166 Å². The predicted molar refractivity (Wildman–Crippen MR) is 110 cm³/mol. The van der Waals surface area contributed by atoms with Crippen molar-refractivity contribution in [3.05, 3.63) is 51.4 Å². The van der Waals surface area contributed by atoms with Gasteiger partial charge in [0.05, 0.1) is 5.52 Å². The molecule has 1 aliphatic rings. The van der Waals surface area contributed by atoms with Crippen molar-refractivity contribution in [2.24, 2.45) is 0 Å². The zero-order chi connectivity index (χ0) is 18.4. The molecule has 0 bridgehead atoms. The lowest BCUT2D eigenvalue weighted by molar-refractivity contribution is 0.310. The van der Waals surface area contributed by atoms with Crippen LogP contribution in [-0.2, 0) is 6.42 Å². The number of thiophene rings is 1. The van der Waals surface area contributed by atoms with Gasteiger partial charge in [-0.3, -0.25) is 0 Å². The second kappa shape index (κ2) is 6.74. The van der Waals surface area contributed by atoms with Crippen LogP contribution < -0.4 is 4.90 Å². The van der Waals surface area contributed by atoms with Gasteiger partial charge in [0, 0.05) is 47.9 Å². The van der Waals surface area contributed by atoms with E-state index in [9.17, 15) is 0 Å². The number of halogens is 1. The van der Waals surface area contributed by atoms with Gasteiger partial charge in [-0.05, 0) is 36.7 Å². The number of hydrogen-bond donors (Lipinski definition) is 0. The van der Waals surface area contributed by atoms with Crippen molar-refractivity contribution in [3.8, 4) is 0 Å². The molecule has 8 heteroatoms. The average Bonchev–Trinajstić information content (AvgIpc) is 3.32. The molecule has 5 rings (SSSR count). The van der Waals surface area contributed by atoms with Crippen LogP contribution in [-0.4, -0.2) is 57.7 Å². The van der Waals surface area contributed by atoms with Crippen LogP contribution in [0.4, 0.5) is 5.95 Å². The van der Waals surface area contributed by atoms with Gasteiger partial charge < -0.3 is 9.80 Å². The Morgan fingerprint density at radius 1 is 1.11 bits per heavy atom. The number of hydrogen-bond acceptors (Lipinski definition) is 6. The number of anilines is 1. The van der Waals surface area contributed by atoms with Crippen LogP contribution in [0.2, 0.25) is 5.02 Å². The van der Waals surface area contributed by atoms with E-state index in [0.29, 0.717) is 5.02 Å². The van der Waals surface area contributed by atoms with E-state index in [1.807, 2.05) is 22.7 Å². The molecular weight excluding hydrogens is 380 g/mol. The largest absolute Gasteiger partial charge is 0.338 e. The summed E-state index contributed by atoms with van der Waals surface area (Å²) in [4.78, 5) is 15.6. The summed E-state index contributed by atoms with van der Waals surface area (Å²) in [6.45, 7) is 3.88. The molecule has 0 saturated carbocycles. The van der Waals surface area contributed by atoms with Gasteiger partial charge in [-0.25, -0.2) is 9.97 Å². The second-order valence-electron chi connectivity index (χ2n) is 6.88. The molecule has 0 N–H and O–H groups in total. The Morgan fingerprint density at radius 2 is 1.96 bits per heavy atom. The van der Waals surface area contributed by atoms with Gasteiger partial charge in [-0.2, -0.15) is 4.52 Å². The minimum absolute atomic E-state index is 0.682. The van der Waals surface area contributed by atoms with Crippen molar-refractivity contribution in [1.82, 2.24) is 24.5 Å². The van der Waals surface area contributed by atoms with Crippen LogP contribution in [0.1, 0.15) is 10.7 Å². The lowest BCUT2D eigenvalue weighted by Crippen LogP contribution is -2.45. The molecule has 4 aromatic rings. The first kappa shape index (κ1) is 16.9. The first-order valence-corrected chi connectivity index (χ1v) is 10.2. The van der Waals surface area contributed by atoms with Crippen LogP contribution in [0.5, 0.6) is 0 Å². The fourth-order valence-electron chi connectivity index (χ4n) is 3.46. The maximum atomic E-state index is 6.25. The number of benzene rings is 1. The van der Waals surface area contributed by atoms with E-state index >= 15 is 0 Å². The molecule has 0 unspecified atom stereocenters. The molecule has 1 aromatic carbocycles. The molecule has 0 spiro atoms. The highest BCUT2D eigenvalue weighted by Crippen LogP contribution is 2.26. The van der Waals surface area contributed by atoms with Crippen LogP contribution in [0.25, 0.3) is 16.6 Å². The Bertz CT molecular complexity index is 1100. The van der Waals surface area contributed by atoms with Gasteiger partial charge in [0.15, 0.2) is 11.5 Å². The van der Waals surface area contributed by atoms with Crippen LogP contribution in [0, 0.1) is 0 Å². The summed E-state index contributed by atoms with van der Waals surface area (Å²) >= 11 is 7.97. The van der Waals surface area contributed by atoms with E-state index in [4.69, 9.17) is 26.7 Å². The van der Waals surface area contributed by atoms with Crippen molar-refractivity contribution < 1.29 is 0 Å². The standard InChI is InChI=1S/C19H19ClN6S/c1-24-6-8-25(9-7-24)19-21-16-5-4-13(20)11-15(16)18-22-17(23-26(18)19)12-14-3-2-10-27-14/h2-5,10-11H,6-9,12H2,1H3. The maximum Gasteiger partial charge on any atom is 0.229 e. The quantitative estimate of drug-likeness (QED) is 0.529. The third-order valence-corrected chi connectivity index (χ3v) is 6.07. The molecule has 6 nitrogen and oxygen atoms in total. The summed E-state index contributed by atoms with van der Waals surface area (Å²) in [6.07, 6.45) is 0.726. The molecule has 0 aliphatic carbocycles. The van der Waals surface area contributed by atoms with Crippen LogP contribution in [0.3, 0.4) is 0 Å². The summed E-state index contributed by atoms with van der Waals surface area (Å²) in [5.41, 5.74) is 1.72. The van der Waals surface area contributed by atoms with E-state index in [0.717, 1.165) is 60.9 Å². The van der Waals surface area contributed by atoms with Crippen LogP contribution in [0.15, 0.2) is 35.7 Å². The number of piperazine rings is 1. The third-order valence-electron chi connectivity index (χ3n) is 4.96. The SMILES string of the molecule is CN1CCN(c2nc3ccc(Cl)cc3c3nc(Cc4cccs4)nn23)CC1. The van der Waals surface area contributed by atoms with Crippen LogP contribution >= 0.6 is 22.9 Å². The van der Waals surface area contributed by atoms with Crippen molar-refractivity contribution >= 4 is 45.4 Å². The minimum atomic E-state index is 0.682. The Hall–Kier alpha value is -2.22. The molecule has 3 aromatic heterocycles. The van der Waals surface area contributed by atoms with E-state index < -0.39 is 0 Å². The molecular formula is C19H19ClN6S. The molecule has 4 heterocycles. The number of nitrogens with zero attached hydrogens (tertiary/aromatic N) is 6. The normalized spacial score (nSPS) is 15.9. The number of rotatable bonds is 3. The van der Waals surface area contributed by atoms with E-state index in [2.05, 4.69) is 34.4 Å². The van der Waals surface area contributed by atoms with Crippen molar-refractivity contribution in [2.75, 3.05) is 38.1 Å². The first-order chi connectivity index (χ1) is 13.2. The highest BCUT2D eigenvalue weighted by Gasteiger charge is 2.21. The van der Waals surface area contributed by atoms with E-state index in [-0.39, 0.29) is 0 Å². The zero-order valence-electron chi connectivity index (χ0n) is 15.0. The Morgan fingerprint density at radius 3 is 2.74 bits per heavy atom. The number of aromatic nitrogens is 4. The summed E-state index contributed by atoms with van der Waals surface area (Å²) < 4.78 is 1.90. The zero-order valence-corrected chi connectivity index (χ0v) is 16.5. The van der Waals surface area contributed by atoms with Crippen molar-refractivity contribution in [1.29, 1.82) is 0 Å². The maximum absolute atomic E-state index is 6.25. The summed E-state index contributed by atoms with van der Waals surface area (Å²) in [5.74, 6) is 1.67. The Balaban J connectivity index is 1.67. The van der Waals surface area contributed by atoms with Gasteiger partial charge in [-0.15, -0.1) is 16.4 Å². The van der Waals surface area contributed by atoms with Gasteiger partial charge in [0.2, 0.25) is 5.95 Å². The lowest BCUT2D eigenvalue weighted by atomic mass is 10.2. The average molecular weight is 399 g/mol. The van der Waals surface area contributed by atoms with Gasteiger partial charge >= 0.3 is 0 Å². The van der Waals surface area contributed by atoms with Crippen molar-refractivity contribution in [2.45, 2.75) is 6.42 Å².